The molecule has 0 aromatic heterocycles. The van der Waals surface area contributed by atoms with E-state index in [-0.39, 0.29) is 12.1 Å². The molecule has 1 fully saturated rings. The van der Waals surface area contributed by atoms with E-state index in [1.165, 1.54) is 11.8 Å². The van der Waals surface area contributed by atoms with Crippen LogP contribution in [0, 0.1) is 5.41 Å². The zero-order valence-electron chi connectivity index (χ0n) is 13.0. The molecule has 2 atom stereocenters. The summed E-state index contributed by atoms with van der Waals surface area (Å²) in [5.74, 6) is -0.0863. The van der Waals surface area contributed by atoms with E-state index < -0.39 is 5.41 Å². The van der Waals surface area contributed by atoms with Crippen LogP contribution in [0.15, 0.2) is 42.5 Å². The van der Waals surface area contributed by atoms with Crippen molar-refractivity contribution in [3.8, 4) is 0 Å². The number of ether oxygens (including phenoxy) is 1. The second kappa shape index (κ2) is 7.03. The molecule has 2 bridgehead atoms. The number of nitrogens with zero attached hydrogens (tertiary/aromatic N) is 1. The van der Waals surface area contributed by atoms with E-state index in [1.807, 2.05) is 47.7 Å². The van der Waals surface area contributed by atoms with Crippen molar-refractivity contribution in [2.45, 2.75) is 25.4 Å². The van der Waals surface area contributed by atoms with Gasteiger partial charge in [0.2, 0.25) is 0 Å². The lowest BCUT2D eigenvalue weighted by molar-refractivity contribution is -0.146. The smallest absolute Gasteiger partial charge is 0.316 e. The van der Waals surface area contributed by atoms with Gasteiger partial charge in [0.1, 0.15) is 6.10 Å². The van der Waals surface area contributed by atoms with Crippen molar-refractivity contribution in [1.82, 2.24) is 5.43 Å². The molecule has 0 amide bonds. The molecule has 1 aromatic carbocycles. The number of hydrogen-bond donors (Lipinski definition) is 1. The number of benzene rings is 1. The summed E-state index contributed by atoms with van der Waals surface area (Å²) in [7, 11) is 0. The minimum absolute atomic E-state index is 0.0602. The zero-order valence-corrected chi connectivity index (χ0v) is 14.7. The van der Waals surface area contributed by atoms with Gasteiger partial charge in [-0.2, -0.15) is 0 Å². The molecule has 122 valence electrons. The number of carbonyl (C=O) groups excluding carboxylic acids is 1. The van der Waals surface area contributed by atoms with Gasteiger partial charge in [0.15, 0.2) is 4.32 Å². The average Bonchev–Trinajstić information content (AvgIpc) is 2.80. The molecular weight excluding hydrogens is 328 g/mol. The van der Waals surface area contributed by atoms with Crippen LogP contribution >= 0.6 is 24.0 Å². The summed E-state index contributed by atoms with van der Waals surface area (Å²) in [4.78, 5) is 12.2. The van der Waals surface area contributed by atoms with Crippen LogP contribution in [-0.2, 0) is 9.53 Å². The van der Waals surface area contributed by atoms with Gasteiger partial charge < -0.3 is 4.74 Å². The van der Waals surface area contributed by atoms with Crippen molar-refractivity contribution in [2.75, 3.05) is 17.8 Å². The number of para-hydroxylation sites is 1. The number of hydrogen-bond acceptors (Lipinski definition) is 5. The van der Waals surface area contributed by atoms with Gasteiger partial charge in [-0.25, -0.2) is 5.43 Å². The molecule has 4 nitrogen and oxygen atoms in total. The molecule has 1 aromatic rings. The van der Waals surface area contributed by atoms with Gasteiger partial charge in [-0.05, 0) is 24.8 Å². The van der Waals surface area contributed by atoms with Crippen LogP contribution in [0.4, 0.5) is 5.69 Å². The first kappa shape index (κ1) is 16.5. The minimum atomic E-state index is -0.459. The SMILES string of the molecule is CSC(=S)N(NCC[C@]12C=CC[C@H](C1)OC2=O)c1ccccc1. The Balaban J connectivity index is 1.66. The Morgan fingerprint density at radius 1 is 1.48 bits per heavy atom. The summed E-state index contributed by atoms with van der Waals surface area (Å²) in [6, 6.07) is 9.95. The number of esters is 1. The van der Waals surface area contributed by atoms with Gasteiger partial charge in [0.25, 0.3) is 0 Å². The quantitative estimate of drug-likeness (QED) is 0.381. The molecule has 23 heavy (non-hydrogen) atoms. The topological polar surface area (TPSA) is 41.6 Å². The summed E-state index contributed by atoms with van der Waals surface area (Å²) in [6.45, 7) is 0.655. The summed E-state index contributed by atoms with van der Waals surface area (Å²) in [6.07, 6.45) is 8.46. The monoisotopic (exact) mass is 348 g/mol. The Hall–Kier alpha value is -1.37. The molecular formula is C17H20N2O2S2. The van der Waals surface area contributed by atoms with E-state index in [0.717, 1.165) is 22.8 Å². The van der Waals surface area contributed by atoms with Crippen LogP contribution in [0.3, 0.4) is 0 Å². The number of fused-ring (bicyclic) bond motifs is 2. The lowest BCUT2D eigenvalue weighted by Crippen LogP contribution is -2.43. The highest BCUT2D eigenvalue weighted by Crippen LogP contribution is 2.43. The number of thiocarbonyl (C=S) groups is 1. The highest BCUT2D eigenvalue weighted by molar-refractivity contribution is 8.22. The molecule has 2 aliphatic rings. The van der Waals surface area contributed by atoms with Crippen LogP contribution in [0.2, 0.25) is 0 Å². The Bertz CT molecular complexity index is 620. The van der Waals surface area contributed by atoms with Gasteiger partial charge >= 0.3 is 5.97 Å². The fraction of sp³-hybridized carbons (Fsp3) is 0.412. The Kier molecular flexibility index (Phi) is 5.04. The molecule has 3 rings (SSSR count). The standard InChI is InChI=1S/C17H20N2O2S2/c1-23-16(22)19(13-6-3-2-4-7-13)18-11-10-17-9-5-8-14(12-17)21-15(17)20/h2-7,9,14,18H,8,10-12H2,1H3/t14-,17-/m1/s1. The summed E-state index contributed by atoms with van der Waals surface area (Å²) >= 11 is 6.95. The van der Waals surface area contributed by atoms with E-state index in [2.05, 4.69) is 11.5 Å². The van der Waals surface area contributed by atoms with E-state index in [4.69, 9.17) is 17.0 Å². The van der Waals surface area contributed by atoms with E-state index >= 15 is 0 Å². The van der Waals surface area contributed by atoms with E-state index in [0.29, 0.717) is 13.0 Å². The molecule has 1 N–H and O–H groups in total. The van der Waals surface area contributed by atoms with Crippen LogP contribution in [0.5, 0.6) is 0 Å². The third-order valence-electron chi connectivity index (χ3n) is 4.32. The molecule has 0 unspecified atom stereocenters. The maximum absolute atomic E-state index is 12.2. The Labute approximate surface area is 146 Å². The maximum Gasteiger partial charge on any atom is 0.316 e. The molecule has 1 aliphatic heterocycles. The summed E-state index contributed by atoms with van der Waals surface area (Å²) < 4.78 is 6.18. The van der Waals surface area contributed by atoms with Crippen LogP contribution in [0.1, 0.15) is 19.3 Å². The van der Waals surface area contributed by atoms with Crippen molar-refractivity contribution >= 4 is 40.0 Å². The Morgan fingerprint density at radius 3 is 3.00 bits per heavy atom. The van der Waals surface area contributed by atoms with Gasteiger partial charge in [-0.15, -0.1) is 0 Å². The number of hydrazine groups is 1. The molecule has 1 aliphatic carbocycles. The lowest BCUT2D eigenvalue weighted by Gasteiger charge is -2.28. The minimum Gasteiger partial charge on any atom is -0.461 e. The average molecular weight is 348 g/mol. The summed E-state index contributed by atoms with van der Waals surface area (Å²) in [5, 5.41) is 1.90. The third kappa shape index (κ3) is 3.44. The van der Waals surface area contributed by atoms with Gasteiger partial charge in [-0.3, -0.25) is 9.80 Å². The molecule has 6 heteroatoms. The van der Waals surface area contributed by atoms with Gasteiger partial charge in [0, 0.05) is 19.4 Å². The van der Waals surface area contributed by atoms with Crippen molar-refractivity contribution in [3.05, 3.63) is 42.5 Å². The Morgan fingerprint density at radius 2 is 2.26 bits per heavy atom. The number of anilines is 1. The molecule has 0 spiro atoms. The largest absolute Gasteiger partial charge is 0.461 e. The highest BCUT2D eigenvalue weighted by Gasteiger charge is 2.48. The van der Waals surface area contributed by atoms with Gasteiger partial charge in [0.05, 0.1) is 11.1 Å². The second-order valence-corrected chi connectivity index (χ2v) is 7.26. The lowest BCUT2D eigenvalue weighted by atomic mass is 9.78. The van der Waals surface area contributed by atoms with Crippen molar-refractivity contribution < 1.29 is 9.53 Å². The van der Waals surface area contributed by atoms with Crippen LogP contribution in [0.25, 0.3) is 0 Å². The van der Waals surface area contributed by atoms with Crippen molar-refractivity contribution in [1.29, 1.82) is 0 Å². The normalized spacial score (nSPS) is 25.3. The van der Waals surface area contributed by atoms with E-state index in [9.17, 15) is 4.79 Å². The van der Waals surface area contributed by atoms with Crippen LogP contribution in [-0.4, -0.2) is 29.2 Å². The molecule has 1 heterocycles. The predicted molar refractivity (Wildman–Crippen MR) is 98.3 cm³/mol. The number of carbonyl (C=O) groups is 1. The number of nitrogens with one attached hydrogen (secondary N) is 1. The summed E-state index contributed by atoms with van der Waals surface area (Å²) in [5.41, 5.74) is 3.90. The molecule has 0 radical (unpaired) electrons. The predicted octanol–water partition coefficient (Wildman–Crippen LogP) is 3.30. The first-order valence-electron chi connectivity index (χ1n) is 7.70. The molecule has 1 saturated heterocycles. The van der Waals surface area contributed by atoms with Crippen molar-refractivity contribution in [2.24, 2.45) is 5.41 Å². The fourth-order valence-electron chi connectivity index (χ4n) is 3.12. The van der Waals surface area contributed by atoms with E-state index in [1.54, 1.807) is 0 Å². The maximum atomic E-state index is 12.2. The molecule has 0 saturated carbocycles. The number of thioether (sulfide) groups is 1. The first-order valence-corrected chi connectivity index (χ1v) is 9.33. The third-order valence-corrected chi connectivity index (χ3v) is 5.54. The van der Waals surface area contributed by atoms with Crippen LogP contribution < -0.4 is 10.4 Å². The van der Waals surface area contributed by atoms with Crippen molar-refractivity contribution in [3.63, 3.8) is 0 Å². The first-order chi connectivity index (χ1) is 11.1. The zero-order chi connectivity index (χ0) is 16.3. The highest BCUT2D eigenvalue weighted by atomic mass is 32.2. The van der Waals surface area contributed by atoms with Gasteiger partial charge in [-0.1, -0.05) is 54.3 Å². The fourth-order valence-corrected chi connectivity index (χ4v) is 3.64. The second-order valence-electron chi connectivity index (χ2n) is 5.82. The number of rotatable bonds is 5.